The summed E-state index contributed by atoms with van der Waals surface area (Å²) in [6.07, 6.45) is 5.13. The second-order valence-electron chi connectivity index (χ2n) is 5.03. The van der Waals surface area contributed by atoms with Crippen molar-refractivity contribution in [3.8, 4) is 0 Å². The van der Waals surface area contributed by atoms with Crippen LogP contribution in [-0.2, 0) is 13.0 Å². The van der Waals surface area contributed by atoms with Gasteiger partial charge in [-0.15, -0.1) is 0 Å². The molecule has 1 fully saturated rings. The maximum Gasteiger partial charge on any atom is 0.117 e. The highest BCUT2D eigenvalue weighted by atomic mass is 16.3. The standard InChI is InChI=1S/C14H23NO2/c1-2-13-7-8-14(17-13)10-15-9-11-3-5-12(16)6-4-11/h7-8,11-12,15-16H,2-6,9-10H2,1H3. The van der Waals surface area contributed by atoms with E-state index in [1.54, 1.807) is 0 Å². The molecule has 0 radical (unpaired) electrons. The number of rotatable bonds is 5. The molecule has 2 rings (SSSR count). The fraction of sp³-hybridized carbons (Fsp3) is 0.714. The molecule has 2 N–H and O–H groups in total. The van der Waals surface area contributed by atoms with E-state index in [1.807, 2.05) is 6.07 Å². The lowest BCUT2D eigenvalue weighted by atomic mass is 9.87. The molecular weight excluding hydrogens is 214 g/mol. The first-order chi connectivity index (χ1) is 8.28. The molecule has 0 spiro atoms. The molecule has 3 heteroatoms. The summed E-state index contributed by atoms with van der Waals surface area (Å²) in [4.78, 5) is 0. The van der Waals surface area contributed by atoms with E-state index in [9.17, 15) is 5.11 Å². The molecule has 0 bridgehead atoms. The normalized spacial score (nSPS) is 25.1. The van der Waals surface area contributed by atoms with Gasteiger partial charge in [-0.3, -0.25) is 0 Å². The summed E-state index contributed by atoms with van der Waals surface area (Å²) in [6, 6.07) is 4.10. The van der Waals surface area contributed by atoms with Crippen molar-refractivity contribution < 1.29 is 9.52 Å². The van der Waals surface area contributed by atoms with Gasteiger partial charge in [-0.1, -0.05) is 6.92 Å². The third-order valence-electron chi connectivity index (χ3n) is 3.61. The summed E-state index contributed by atoms with van der Waals surface area (Å²) in [5.41, 5.74) is 0. The monoisotopic (exact) mass is 237 g/mol. The highest BCUT2D eigenvalue weighted by Gasteiger charge is 2.18. The SMILES string of the molecule is CCc1ccc(CNCC2CCC(O)CC2)o1. The summed E-state index contributed by atoms with van der Waals surface area (Å²) in [5.74, 6) is 2.80. The van der Waals surface area contributed by atoms with Crippen LogP contribution < -0.4 is 5.32 Å². The van der Waals surface area contributed by atoms with E-state index < -0.39 is 0 Å². The van der Waals surface area contributed by atoms with Crippen LogP contribution in [0.25, 0.3) is 0 Å². The molecule has 0 aliphatic heterocycles. The third-order valence-corrected chi connectivity index (χ3v) is 3.61. The van der Waals surface area contributed by atoms with Crippen LogP contribution in [0.5, 0.6) is 0 Å². The van der Waals surface area contributed by atoms with Crippen molar-refractivity contribution in [1.29, 1.82) is 0 Å². The Morgan fingerprint density at radius 1 is 1.24 bits per heavy atom. The first-order valence-electron chi connectivity index (χ1n) is 6.74. The summed E-state index contributed by atoms with van der Waals surface area (Å²) in [7, 11) is 0. The van der Waals surface area contributed by atoms with Gasteiger partial charge in [0.1, 0.15) is 11.5 Å². The maximum absolute atomic E-state index is 9.42. The topological polar surface area (TPSA) is 45.4 Å². The van der Waals surface area contributed by atoms with E-state index in [1.165, 1.54) is 0 Å². The fourth-order valence-corrected chi connectivity index (χ4v) is 2.46. The average Bonchev–Trinajstić information content (AvgIpc) is 2.80. The number of aliphatic hydroxyl groups excluding tert-OH is 1. The van der Waals surface area contributed by atoms with Crippen molar-refractivity contribution in [2.75, 3.05) is 6.54 Å². The predicted octanol–water partition coefficient (Wildman–Crippen LogP) is 2.48. The highest BCUT2D eigenvalue weighted by molar-refractivity contribution is 5.06. The van der Waals surface area contributed by atoms with Gasteiger partial charge in [0.15, 0.2) is 0 Å². The van der Waals surface area contributed by atoms with Gasteiger partial charge in [0.25, 0.3) is 0 Å². The molecule has 3 nitrogen and oxygen atoms in total. The van der Waals surface area contributed by atoms with Gasteiger partial charge in [-0.25, -0.2) is 0 Å². The van der Waals surface area contributed by atoms with Gasteiger partial charge in [0.05, 0.1) is 12.6 Å². The van der Waals surface area contributed by atoms with Crippen molar-refractivity contribution in [1.82, 2.24) is 5.32 Å². The summed E-state index contributed by atoms with van der Waals surface area (Å²) in [6.45, 7) is 3.96. The van der Waals surface area contributed by atoms with Crippen LogP contribution in [0.1, 0.15) is 44.1 Å². The quantitative estimate of drug-likeness (QED) is 0.827. The molecule has 1 saturated carbocycles. The van der Waals surface area contributed by atoms with Crippen LogP contribution >= 0.6 is 0 Å². The van der Waals surface area contributed by atoms with E-state index in [0.717, 1.165) is 62.6 Å². The summed E-state index contributed by atoms with van der Waals surface area (Å²) < 4.78 is 5.64. The zero-order valence-electron chi connectivity index (χ0n) is 10.6. The van der Waals surface area contributed by atoms with Gasteiger partial charge in [-0.05, 0) is 50.3 Å². The van der Waals surface area contributed by atoms with E-state index in [0.29, 0.717) is 0 Å². The molecule has 1 heterocycles. The number of nitrogens with one attached hydrogen (secondary N) is 1. The van der Waals surface area contributed by atoms with Gasteiger partial charge in [0, 0.05) is 6.42 Å². The van der Waals surface area contributed by atoms with Crippen molar-refractivity contribution in [2.24, 2.45) is 5.92 Å². The Bertz CT molecular complexity index is 327. The lowest BCUT2D eigenvalue weighted by Gasteiger charge is -2.25. The van der Waals surface area contributed by atoms with E-state index in [4.69, 9.17) is 4.42 Å². The number of furan rings is 1. The van der Waals surface area contributed by atoms with Gasteiger partial charge < -0.3 is 14.8 Å². The number of aryl methyl sites for hydroxylation is 1. The Morgan fingerprint density at radius 3 is 2.59 bits per heavy atom. The van der Waals surface area contributed by atoms with Crippen molar-refractivity contribution in [3.63, 3.8) is 0 Å². The van der Waals surface area contributed by atoms with Crippen LogP contribution in [0.4, 0.5) is 0 Å². The Labute approximate surface area is 103 Å². The van der Waals surface area contributed by atoms with Crippen LogP contribution in [0.3, 0.4) is 0 Å². The molecule has 0 aromatic carbocycles. The number of aliphatic hydroxyl groups is 1. The van der Waals surface area contributed by atoms with E-state index >= 15 is 0 Å². The zero-order chi connectivity index (χ0) is 12.1. The lowest BCUT2D eigenvalue weighted by Crippen LogP contribution is -2.27. The molecule has 1 aliphatic rings. The molecule has 0 atom stereocenters. The van der Waals surface area contributed by atoms with E-state index in [2.05, 4.69) is 18.3 Å². The first kappa shape index (κ1) is 12.7. The van der Waals surface area contributed by atoms with Crippen molar-refractivity contribution >= 4 is 0 Å². The zero-order valence-corrected chi connectivity index (χ0v) is 10.6. The van der Waals surface area contributed by atoms with Crippen LogP contribution in [0.2, 0.25) is 0 Å². The molecule has 1 aromatic rings. The second kappa shape index (κ2) is 6.22. The summed E-state index contributed by atoms with van der Waals surface area (Å²) >= 11 is 0. The predicted molar refractivity (Wildman–Crippen MR) is 67.8 cm³/mol. The number of hydrogen-bond donors (Lipinski definition) is 2. The second-order valence-corrected chi connectivity index (χ2v) is 5.03. The molecule has 1 aromatic heterocycles. The van der Waals surface area contributed by atoms with Crippen molar-refractivity contribution in [3.05, 3.63) is 23.7 Å². The van der Waals surface area contributed by atoms with Gasteiger partial charge >= 0.3 is 0 Å². The average molecular weight is 237 g/mol. The Hall–Kier alpha value is -0.800. The van der Waals surface area contributed by atoms with Gasteiger partial charge in [0.2, 0.25) is 0 Å². The van der Waals surface area contributed by atoms with Crippen molar-refractivity contribution in [2.45, 2.75) is 51.7 Å². The Morgan fingerprint density at radius 2 is 1.94 bits per heavy atom. The minimum Gasteiger partial charge on any atom is -0.465 e. The fourth-order valence-electron chi connectivity index (χ4n) is 2.46. The minimum absolute atomic E-state index is 0.0524. The highest BCUT2D eigenvalue weighted by Crippen LogP contribution is 2.23. The minimum atomic E-state index is -0.0524. The number of hydrogen-bond acceptors (Lipinski definition) is 3. The van der Waals surface area contributed by atoms with Crippen LogP contribution in [0.15, 0.2) is 16.5 Å². The molecule has 0 unspecified atom stereocenters. The Kier molecular flexibility index (Phi) is 4.63. The van der Waals surface area contributed by atoms with Gasteiger partial charge in [-0.2, -0.15) is 0 Å². The first-order valence-corrected chi connectivity index (χ1v) is 6.74. The Balaban J connectivity index is 1.65. The van der Waals surface area contributed by atoms with E-state index in [-0.39, 0.29) is 6.10 Å². The summed E-state index contributed by atoms with van der Waals surface area (Å²) in [5, 5.41) is 12.9. The third kappa shape index (κ3) is 3.86. The molecule has 1 aliphatic carbocycles. The van der Waals surface area contributed by atoms with Crippen LogP contribution in [0, 0.1) is 5.92 Å². The molecule has 17 heavy (non-hydrogen) atoms. The van der Waals surface area contributed by atoms with Crippen LogP contribution in [-0.4, -0.2) is 17.8 Å². The maximum atomic E-state index is 9.42. The smallest absolute Gasteiger partial charge is 0.117 e. The largest absolute Gasteiger partial charge is 0.465 e. The molecule has 96 valence electrons. The molecule has 0 saturated heterocycles. The molecular formula is C14H23NO2. The molecule has 0 amide bonds. The lowest BCUT2D eigenvalue weighted by molar-refractivity contribution is 0.108.